The van der Waals surface area contributed by atoms with Crippen LogP contribution in [0.15, 0.2) is 0 Å². The van der Waals surface area contributed by atoms with Gasteiger partial charge in [-0.1, -0.05) is 40.5 Å². The third-order valence-electron chi connectivity index (χ3n) is 3.56. The van der Waals surface area contributed by atoms with Crippen LogP contribution in [-0.2, 0) is 0 Å². The van der Waals surface area contributed by atoms with Crippen molar-refractivity contribution >= 4 is 0 Å². The highest BCUT2D eigenvalue weighted by molar-refractivity contribution is 4.87. The molecule has 0 bridgehead atoms. The zero-order chi connectivity index (χ0) is 11.3. The highest BCUT2D eigenvalue weighted by Gasteiger charge is 2.33. The SMILES string of the molecule is CC(C)CNCC1(CC(C)C)CCCC1. The summed E-state index contributed by atoms with van der Waals surface area (Å²) >= 11 is 0. The summed E-state index contributed by atoms with van der Waals surface area (Å²) in [5.41, 5.74) is 0.642. The lowest BCUT2D eigenvalue weighted by molar-refractivity contribution is 0.221. The van der Waals surface area contributed by atoms with Crippen molar-refractivity contribution in [3.63, 3.8) is 0 Å². The molecule has 1 rings (SSSR count). The third-order valence-corrected chi connectivity index (χ3v) is 3.56. The van der Waals surface area contributed by atoms with E-state index in [9.17, 15) is 0 Å². The third kappa shape index (κ3) is 4.55. The van der Waals surface area contributed by atoms with Crippen LogP contribution in [0.25, 0.3) is 0 Å². The van der Waals surface area contributed by atoms with Gasteiger partial charge in [-0.3, -0.25) is 0 Å². The Morgan fingerprint density at radius 1 is 1.00 bits per heavy atom. The zero-order valence-corrected chi connectivity index (χ0v) is 11.1. The molecule has 0 spiro atoms. The summed E-state index contributed by atoms with van der Waals surface area (Å²) in [6.45, 7) is 11.7. The maximum absolute atomic E-state index is 3.67. The van der Waals surface area contributed by atoms with E-state index in [0.717, 1.165) is 11.8 Å². The van der Waals surface area contributed by atoms with Crippen LogP contribution in [0.4, 0.5) is 0 Å². The van der Waals surface area contributed by atoms with Crippen LogP contribution >= 0.6 is 0 Å². The van der Waals surface area contributed by atoms with Crippen molar-refractivity contribution in [2.75, 3.05) is 13.1 Å². The van der Waals surface area contributed by atoms with Gasteiger partial charge in [0.15, 0.2) is 0 Å². The van der Waals surface area contributed by atoms with E-state index in [1.165, 1.54) is 45.2 Å². The van der Waals surface area contributed by atoms with Crippen LogP contribution < -0.4 is 5.32 Å². The molecule has 0 aromatic rings. The standard InChI is InChI=1S/C14H29N/c1-12(2)9-14(7-5-6-8-14)11-15-10-13(3)4/h12-13,15H,5-11H2,1-4H3. The van der Waals surface area contributed by atoms with Crippen molar-refractivity contribution in [3.8, 4) is 0 Å². The Labute approximate surface area is 96.0 Å². The maximum atomic E-state index is 3.67. The molecule has 1 heteroatoms. The van der Waals surface area contributed by atoms with Crippen LogP contribution in [0.5, 0.6) is 0 Å². The Morgan fingerprint density at radius 2 is 1.60 bits per heavy atom. The minimum atomic E-state index is 0.642. The van der Waals surface area contributed by atoms with Gasteiger partial charge in [0.2, 0.25) is 0 Å². The van der Waals surface area contributed by atoms with Crippen molar-refractivity contribution in [2.45, 2.75) is 59.8 Å². The lowest BCUT2D eigenvalue weighted by atomic mass is 9.78. The van der Waals surface area contributed by atoms with Crippen LogP contribution in [0.2, 0.25) is 0 Å². The predicted molar refractivity (Wildman–Crippen MR) is 68.1 cm³/mol. The first kappa shape index (κ1) is 13.0. The summed E-state index contributed by atoms with van der Waals surface area (Å²) in [7, 11) is 0. The molecular formula is C14H29N. The molecular weight excluding hydrogens is 182 g/mol. The van der Waals surface area contributed by atoms with E-state index >= 15 is 0 Å². The average molecular weight is 211 g/mol. The Kier molecular flexibility index (Phi) is 5.11. The van der Waals surface area contributed by atoms with Crippen molar-refractivity contribution in [2.24, 2.45) is 17.3 Å². The second-order valence-corrected chi connectivity index (χ2v) is 6.33. The summed E-state index contributed by atoms with van der Waals surface area (Å²) in [4.78, 5) is 0. The van der Waals surface area contributed by atoms with Gasteiger partial charge >= 0.3 is 0 Å². The lowest BCUT2D eigenvalue weighted by Gasteiger charge is -2.31. The van der Waals surface area contributed by atoms with Gasteiger partial charge in [0.25, 0.3) is 0 Å². The number of rotatable bonds is 6. The summed E-state index contributed by atoms with van der Waals surface area (Å²) in [5, 5.41) is 3.67. The fourth-order valence-corrected chi connectivity index (χ4v) is 3.07. The highest BCUT2D eigenvalue weighted by Crippen LogP contribution is 2.42. The Balaban J connectivity index is 2.36. The van der Waals surface area contributed by atoms with E-state index in [1.807, 2.05) is 0 Å². The Hall–Kier alpha value is -0.0400. The molecule has 1 N–H and O–H groups in total. The van der Waals surface area contributed by atoms with E-state index in [2.05, 4.69) is 33.0 Å². The molecule has 15 heavy (non-hydrogen) atoms. The number of hydrogen-bond acceptors (Lipinski definition) is 1. The zero-order valence-electron chi connectivity index (χ0n) is 11.1. The van der Waals surface area contributed by atoms with E-state index < -0.39 is 0 Å². The first-order valence-corrected chi connectivity index (χ1v) is 6.75. The molecule has 1 aliphatic rings. The fourth-order valence-electron chi connectivity index (χ4n) is 3.07. The lowest BCUT2D eigenvalue weighted by Crippen LogP contribution is -2.35. The maximum Gasteiger partial charge on any atom is 0.000802 e. The van der Waals surface area contributed by atoms with Gasteiger partial charge in [-0.25, -0.2) is 0 Å². The topological polar surface area (TPSA) is 12.0 Å². The summed E-state index contributed by atoms with van der Waals surface area (Å²) < 4.78 is 0. The van der Waals surface area contributed by atoms with Crippen LogP contribution in [0.1, 0.15) is 59.8 Å². The van der Waals surface area contributed by atoms with Crippen molar-refractivity contribution in [1.82, 2.24) is 5.32 Å². The first-order valence-electron chi connectivity index (χ1n) is 6.75. The van der Waals surface area contributed by atoms with Gasteiger partial charge in [0.1, 0.15) is 0 Å². The van der Waals surface area contributed by atoms with Gasteiger partial charge in [-0.2, -0.15) is 0 Å². The normalized spacial score (nSPS) is 20.4. The summed E-state index contributed by atoms with van der Waals surface area (Å²) in [6.07, 6.45) is 7.23. The average Bonchev–Trinajstić information content (AvgIpc) is 2.51. The van der Waals surface area contributed by atoms with E-state index in [-0.39, 0.29) is 0 Å². The molecule has 0 aromatic carbocycles. The molecule has 0 saturated heterocycles. The van der Waals surface area contributed by atoms with Crippen molar-refractivity contribution in [1.29, 1.82) is 0 Å². The van der Waals surface area contributed by atoms with E-state index in [0.29, 0.717) is 5.41 Å². The molecule has 0 aliphatic heterocycles. The minimum absolute atomic E-state index is 0.642. The van der Waals surface area contributed by atoms with Gasteiger partial charge in [-0.05, 0) is 43.1 Å². The second-order valence-electron chi connectivity index (χ2n) is 6.33. The Bertz CT molecular complexity index is 166. The Morgan fingerprint density at radius 3 is 2.07 bits per heavy atom. The van der Waals surface area contributed by atoms with Gasteiger partial charge in [0, 0.05) is 6.54 Å². The van der Waals surface area contributed by atoms with Crippen LogP contribution in [0.3, 0.4) is 0 Å². The molecule has 0 unspecified atom stereocenters. The van der Waals surface area contributed by atoms with Gasteiger partial charge in [0.05, 0.1) is 0 Å². The summed E-state index contributed by atoms with van der Waals surface area (Å²) in [6, 6.07) is 0. The van der Waals surface area contributed by atoms with E-state index in [4.69, 9.17) is 0 Å². The fraction of sp³-hybridized carbons (Fsp3) is 1.00. The van der Waals surface area contributed by atoms with Crippen LogP contribution in [0, 0.1) is 17.3 Å². The molecule has 0 aromatic heterocycles. The largest absolute Gasteiger partial charge is 0.316 e. The predicted octanol–water partition coefficient (Wildman–Crippen LogP) is 3.84. The molecule has 0 amide bonds. The van der Waals surface area contributed by atoms with Crippen LogP contribution in [-0.4, -0.2) is 13.1 Å². The highest BCUT2D eigenvalue weighted by atomic mass is 14.9. The minimum Gasteiger partial charge on any atom is -0.316 e. The molecule has 1 saturated carbocycles. The van der Waals surface area contributed by atoms with Crippen molar-refractivity contribution < 1.29 is 0 Å². The van der Waals surface area contributed by atoms with E-state index in [1.54, 1.807) is 0 Å². The molecule has 90 valence electrons. The first-order chi connectivity index (χ1) is 7.04. The second kappa shape index (κ2) is 5.89. The number of nitrogens with one attached hydrogen (secondary N) is 1. The van der Waals surface area contributed by atoms with Crippen molar-refractivity contribution in [3.05, 3.63) is 0 Å². The smallest absolute Gasteiger partial charge is 0.000802 e. The summed E-state index contributed by atoms with van der Waals surface area (Å²) in [5.74, 6) is 1.63. The molecule has 0 atom stereocenters. The van der Waals surface area contributed by atoms with Gasteiger partial charge < -0.3 is 5.32 Å². The molecule has 0 heterocycles. The molecule has 0 radical (unpaired) electrons. The monoisotopic (exact) mass is 211 g/mol. The molecule has 1 fully saturated rings. The number of hydrogen-bond donors (Lipinski definition) is 1. The quantitative estimate of drug-likeness (QED) is 0.704. The van der Waals surface area contributed by atoms with Gasteiger partial charge in [-0.15, -0.1) is 0 Å². The molecule has 1 aliphatic carbocycles. The molecule has 1 nitrogen and oxygen atoms in total.